The Balaban J connectivity index is 1.88. The number of rotatable bonds is 7. The van der Waals surface area contributed by atoms with Crippen molar-refractivity contribution < 1.29 is 4.74 Å². The average Bonchev–Trinajstić information content (AvgIpc) is 3.05. The Morgan fingerprint density at radius 3 is 2.59 bits per heavy atom. The Bertz CT molecular complexity index is 476. The van der Waals surface area contributed by atoms with Gasteiger partial charge in [0, 0.05) is 12.6 Å². The highest BCUT2D eigenvalue weighted by Gasteiger charge is 2.13. The van der Waals surface area contributed by atoms with Gasteiger partial charge in [-0.3, -0.25) is 0 Å². The van der Waals surface area contributed by atoms with Crippen molar-refractivity contribution >= 4 is 5.96 Å². The minimum Gasteiger partial charge on any atom is -0.489 e. The molecule has 0 aromatic heterocycles. The zero-order chi connectivity index (χ0) is 15.6. The van der Waals surface area contributed by atoms with Gasteiger partial charge in [-0.25, -0.2) is 4.99 Å². The van der Waals surface area contributed by atoms with E-state index in [9.17, 15) is 0 Å². The van der Waals surface area contributed by atoms with E-state index in [4.69, 9.17) is 4.74 Å². The van der Waals surface area contributed by atoms with Crippen molar-refractivity contribution in [3.8, 4) is 5.75 Å². The molecule has 22 heavy (non-hydrogen) atoms. The van der Waals surface area contributed by atoms with Crippen LogP contribution in [-0.2, 0) is 0 Å². The lowest BCUT2D eigenvalue weighted by Gasteiger charge is -2.19. The first kappa shape index (κ1) is 16.4. The molecule has 0 fully saturated rings. The average molecular weight is 301 g/mol. The van der Waals surface area contributed by atoms with Crippen LogP contribution in [0.5, 0.6) is 5.75 Å². The molecule has 0 heterocycles. The number of hydrogen-bond acceptors (Lipinski definition) is 2. The highest BCUT2D eigenvalue weighted by molar-refractivity contribution is 5.80. The summed E-state index contributed by atoms with van der Waals surface area (Å²) in [5, 5.41) is 6.79. The van der Waals surface area contributed by atoms with E-state index in [1.165, 1.54) is 0 Å². The van der Waals surface area contributed by atoms with E-state index in [-0.39, 0.29) is 6.10 Å². The first-order valence-corrected chi connectivity index (χ1v) is 8.23. The topological polar surface area (TPSA) is 45.7 Å². The largest absolute Gasteiger partial charge is 0.489 e. The van der Waals surface area contributed by atoms with E-state index in [2.05, 4.69) is 41.6 Å². The molecule has 120 valence electrons. The second-order valence-corrected chi connectivity index (χ2v) is 5.46. The molecule has 0 amide bonds. The molecule has 0 spiro atoms. The van der Waals surface area contributed by atoms with Gasteiger partial charge in [-0.15, -0.1) is 0 Å². The van der Waals surface area contributed by atoms with Crippen LogP contribution in [0, 0.1) is 0 Å². The Morgan fingerprint density at radius 2 is 1.95 bits per heavy atom. The molecule has 1 unspecified atom stereocenters. The monoisotopic (exact) mass is 301 g/mol. The van der Waals surface area contributed by atoms with Crippen molar-refractivity contribution in [2.24, 2.45) is 4.99 Å². The number of aliphatic imine (C=N–C) groups is 1. The Kier molecular flexibility index (Phi) is 6.81. The molecule has 0 saturated heterocycles. The van der Waals surface area contributed by atoms with E-state index in [1.54, 1.807) is 0 Å². The van der Waals surface area contributed by atoms with Crippen LogP contribution >= 0.6 is 0 Å². The molecule has 2 rings (SSSR count). The molecule has 2 N–H and O–H groups in total. The fraction of sp³-hybridized carbons (Fsp3) is 0.500. The van der Waals surface area contributed by atoms with Gasteiger partial charge in [0.1, 0.15) is 11.9 Å². The van der Waals surface area contributed by atoms with Crippen molar-refractivity contribution in [1.29, 1.82) is 0 Å². The van der Waals surface area contributed by atoms with Crippen LogP contribution in [0.1, 0.15) is 33.1 Å². The van der Waals surface area contributed by atoms with E-state index in [1.807, 2.05) is 30.3 Å². The summed E-state index contributed by atoms with van der Waals surface area (Å²) in [6.45, 7) is 5.73. The highest BCUT2D eigenvalue weighted by Crippen LogP contribution is 2.13. The predicted molar refractivity (Wildman–Crippen MR) is 92.4 cm³/mol. The van der Waals surface area contributed by atoms with Crippen LogP contribution in [0.3, 0.4) is 0 Å². The lowest BCUT2D eigenvalue weighted by Crippen LogP contribution is -2.43. The van der Waals surface area contributed by atoms with E-state index in [0.29, 0.717) is 12.6 Å². The number of guanidine groups is 1. The molecule has 1 aromatic rings. The lowest BCUT2D eigenvalue weighted by atomic mass is 10.2. The van der Waals surface area contributed by atoms with Crippen LogP contribution in [-0.4, -0.2) is 31.2 Å². The molecule has 0 aliphatic heterocycles. The summed E-state index contributed by atoms with van der Waals surface area (Å²) in [5.74, 6) is 1.79. The number of ether oxygens (including phenoxy) is 1. The summed E-state index contributed by atoms with van der Waals surface area (Å²) in [5.41, 5.74) is 0. The summed E-state index contributed by atoms with van der Waals surface area (Å²) in [6.07, 6.45) is 7.61. The molecule has 0 saturated carbocycles. The van der Waals surface area contributed by atoms with Gasteiger partial charge in [-0.1, -0.05) is 37.3 Å². The zero-order valence-corrected chi connectivity index (χ0v) is 13.6. The van der Waals surface area contributed by atoms with Gasteiger partial charge in [0.2, 0.25) is 0 Å². The minimum absolute atomic E-state index is 0.0968. The maximum Gasteiger partial charge on any atom is 0.191 e. The third-order valence-corrected chi connectivity index (χ3v) is 3.65. The Hall–Kier alpha value is -1.97. The quantitative estimate of drug-likeness (QED) is 0.462. The van der Waals surface area contributed by atoms with Gasteiger partial charge in [0.05, 0.1) is 6.54 Å². The summed E-state index contributed by atoms with van der Waals surface area (Å²) in [4.78, 5) is 4.69. The molecule has 1 aliphatic carbocycles. The van der Waals surface area contributed by atoms with Crippen molar-refractivity contribution in [3.05, 3.63) is 42.5 Å². The smallest absolute Gasteiger partial charge is 0.191 e. The third-order valence-electron chi connectivity index (χ3n) is 3.65. The Morgan fingerprint density at radius 1 is 1.23 bits per heavy atom. The fourth-order valence-electron chi connectivity index (χ4n) is 2.38. The molecular formula is C18H27N3O. The van der Waals surface area contributed by atoms with Crippen molar-refractivity contribution in [2.45, 2.75) is 45.3 Å². The van der Waals surface area contributed by atoms with E-state index in [0.717, 1.165) is 37.5 Å². The van der Waals surface area contributed by atoms with Gasteiger partial charge >= 0.3 is 0 Å². The molecule has 0 radical (unpaired) electrons. The minimum atomic E-state index is 0.0968. The van der Waals surface area contributed by atoms with Crippen molar-refractivity contribution in [2.75, 3.05) is 13.1 Å². The number of nitrogens with zero attached hydrogens (tertiary/aromatic N) is 1. The molecule has 4 heteroatoms. The van der Waals surface area contributed by atoms with Crippen LogP contribution in [0.2, 0.25) is 0 Å². The van der Waals surface area contributed by atoms with Gasteiger partial charge < -0.3 is 15.4 Å². The molecule has 4 nitrogen and oxygen atoms in total. The molecule has 1 atom stereocenters. The van der Waals surface area contributed by atoms with E-state index < -0.39 is 0 Å². The molecule has 1 aliphatic rings. The second-order valence-electron chi connectivity index (χ2n) is 5.46. The standard InChI is InChI=1S/C18H27N3O/c1-3-16(22-17-12-6-5-7-13-17)14-20-18(19-4-2)21-15-10-8-9-11-15/h5-9,12-13,15-16H,3-4,10-11,14H2,1-2H3,(H2,19,20,21). The zero-order valence-electron chi connectivity index (χ0n) is 13.6. The SMILES string of the molecule is CCNC(=NCC(CC)Oc1ccccc1)NC1CC=CC1. The van der Waals surface area contributed by atoms with E-state index >= 15 is 0 Å². The first-order chi connectivity index (χ1) is 10.8. The lowest BCUT2D eigenvalue weighted by molar-refractivity contribution is 0.205. The predicted octanol–water partition coefficient (Wildman–Crippen LogP) is 3.12. The van der Waals surface area contributed by atoms with Crippen LogP contribution in [0.25, 0.3) is 0 Å². The van der Waals surface area contributed by atoms with Crippen molar-refractivity contribution in [1.82, 2.24) is 10.6 Å². The number of nitrogens with one attached hydrogen (secondary N) is 2. The molecular weight excluding hydrogens is 274 g/mol. The first-order valence-electron chi connectivity index (χ1n) is 8.23. The van der Waals surface area contributed by atoms with Crippen LogP contribution in [0.15, 0.2) is 47.5 Å². The van der Waals surface area contributed by atoms with Gasteiger partial charge in [0.25, 0.3) is 0 Å². The van der Waals surface area contributed by atoms with Crippen molar-refractivity contribution in [3.63, 3.8) is 0 Å². The summed E-state index contributed by atoms with van der Waals surface area (Å²) < 4.78 is 5.99. The summed E-state index contributed by atoms with van der Waals surface area (Å²) in [6, 6.07) is 10.4. The normalized spacial score (nSPS) is 16.5. The van der Waals surface area contributed by atoms with Gasteiger partial charge in [0.15, 0.2) is 5.96 Å². The van der Waals surface area contributed by atoms with Crippen LogP contribution < -0.4 is 15.4 Å². The fourth-order valence-corrected chi connectivity index (χ4v) is 2.38. The number of benzene rings is 1. The summed E-state index contributed by atoms with van der Waals surface area (Å²) >= 11 is 0. The summed E-state index contributed by atoms with van der Waals surface area (Å²) in [7, 11) is 0. The van der Waals surface area contributed by atoms with Crippen LogP contribution in [0.4, 0.5) is 0 Å². The van der Waals surface area contributed by atoms with Gasteiger partial charge in [-0.05, 0) is 38.3 Å². The third kappa shape index (κ3) is 5.43. The molecule has 0 bridgehead atoms. The van der Waals surface area contributed by atoms with Gasteiger partial charge in [-0.2, -0.15) is 0 Å². The number of para-hydroxylation sites is 1. The Labute approximate surface area is 133 Å². The second kappa shape index (κ2) is 9.13. The number of hydrogen-bond donors (Lipinski definition) is 2. The highest BCUT2D eigenvalue weighted by atomic mass is 16.5. The maximum atomic E-state index is 5.99. The molecule has 1 aromatic carbocycles. The maximum absolute atomic E-state index is 5.99.